The minimum absolute atomic E-state index is 0.0306. The lowest BCUT2D eigenvalue weighted by Gasteiger charge is -2.30. The molecule has 35 heavy (non-hydrogen) atoms. The Morgan fingerprint density at radius 2 is 1.94 bits per heavy atom. The predicted octanol–water partition coefficient (Wildman–Crippen LogP) is 4.79. The number of aromatic nitrogens is 2. The van der Waals surface area contributed by atoms with Crippen LogP contribution in [0.2, 0.25) is 0 Å². The number of nitrogens with zero attached hydrogens (tertiary/aromatic N) is 4. The number of fused-ring (bicyclic) bond motifs is 2. The number of benzene rings is 1. The molecule has 1 fully saturated rings. The second-order valence-electron chi connectivity index (χ2n) is 10.3. The van der Waals surface area contributed by atoms with Crippen molar-refractivity contribution in [2.75, 3.05) is 31.1 Å². The van der Waals surface area contributed by atoms with Crippen LogP contribution in [0.15, 0.2) is 36.4 Å². The Bertz CT molecular complexity index is 1260. The topological polar surface area (TPSA) is 70.6 Å². The number of hydrogen-bond donors (Lipinski definition) is 1. The molecule has 0 aliphatic carbocycles. The SMILES string of the molecule is CC1(C)Cc2nc(N3CCOc4ccc(-c5cccc(CN6CCCCC6)n5)cc43)sc2C(=O)N1. The number of anilines is 2. The molecule has 1 amide bonds. The maximum atomic E-state index is 12.7. The van der Waals surface area contributed by atoms with Gasteiger partial charge in [0.1, 0.15) is 17.2 Å². The number of piperidine rings is 1. The smallest absolute Gasteiger partial charge is 0.263 e. The van der Waals surface area contributed by atoms with Crippen molar-refractivity contribution in [3.05, 3.63) is 52.7 Å². The van der Waals surface area contributed by atoms with Gasteiger partial charge >= 0.3 is 0 Å². The van der Waals surface area contributed by atoms with E-state index in [4.69, 9.17) is 14.7 Å². The maximum absolute atomic E-state index is 12.7. The van der Waals surface area contributed by atoms with E-state index in [-0.39, 0.29) is 11.4 Å². The molecule has 182 valence electrons. The molecule has 3 aliphatic heterocycles. The second-order valence-corrected chi connectivity index (χ2v) is 11.3. The second kappa shape index (κ2) is 8.91. The van der Waals surface area contributed by atoms with Crippen LogP contribution in [0.1, 0.15) is 54.2 Å². The third-order valence-corrected chi connectivity index (χ3v) is 8.06. The van der Waals surface area contributed by atoms with Gasteiger partial charge in [0, 0.05) is 24.1 Å². The number of thiazole rings is 1. The van der Waals surface area contributed by atoms with Crippen LogP contribution in [-0.4, -0.2) is 52.6 Å². The molecule has 7 nitrogen and oxygen atoms in total. The van der Waals surface area contributed by atoms with Crippen molar-refractivity contribution in [1.29, 1.82) is 0 Å². The third-order valence-electron chi connectivity index (χ3n) is 6.94. The molecule has 0 bridgehead atoms. The zero-order valence-electron chi connectivity index (χ0n) is 20.3. The van der Waals surface area contributed by atoms with Crippen molar-refractivity contribution in [3.63, 3.8) is 0 Å². The average molecular weight is 490 g/mol. The number of rotatable bonds is 4. The van der Waals surface area contributed by atoms with Gasteiger partial charge in [0.05, 0.1) is 29.3 Å². The van der Waals surface area contributed by atoms with Crippen LogP contribution in [-0.2, 0) is 13.0 Å². The first kappa shape index (κ1) is 22.5. The van der Waals surface area contributed by atoms with E-state index in [1.165, 1.54) is 30.6 Å². The molecule has 1 N–H and O–H groups in total. The molecule has 8 heteroatoms. The van der Waals surface area contributed by atoms with Crippen molar-refractivity contribution in [2.45, 2.75) is 51.6 Å². The number of ether oxygens (including phenoxy) is 1. The summed E-state index contributed by atoms with van der Waals surface area (Å²) in [5, 5.41) is 3.93. The normalized spacial score (nSPS) is 19.5. The zero-order chi connectivity index (χ0) is 24.0. The van der Waals surface area contributed by atoms with Gasteiger partial charge in [-0.2, -0.15) is 0 Å². The molecule has 0 unspecified atom stereocenters. The molecular formula is C27H31N5O2S. The predicted molar refractivity (Wildman–Crippen MR) is 139 cm³/mol. The van der Waals surface area contributed by atoms with Crippen molar-refractivity contribution >= 4 is 28.1 Å². The zero-order valence-corrected chi connectivity index (χ0v) is 21.2. The van der Waals surface area contributed by atoms with Crippen LogP contribution < -0.4 is 15.0 Å². The van der Waals surface area contributed by atoms with Crippen molar-refractivity contribution in [3.8, 4) is 17.0 Å². The highest BCUT2D eigenvalue weighted by Crippen LogP contribution is 2.42. The Kier molecular flexibility index (Phi) is 5.73. The molecule has 3 aromatic rings. The van der Waals surface area contributed by atoms with Crippen LogP contribution >= 0.6 is 11.3 Å². The Morgan fingerprint density at radius 1 is 1.09 bits per heavy atom. The fraction of sp³-hybridized carbons (Fsp3) is 0.444. The monoisotopic (exact) mass is 489 g/mol. The molecule has 0 saturated carbocycles. The first-order valence-electron chi connectivity index (χ1n) is 12.5. The quantitative estimate of drug-likeness (QED) is 0.569. The lowest BCUT2D eigenvalue weighted by atomic mass is 9.94. The van der Waals surface area contributed by atoms with Crippen LogP contribution in [0, 0.1) is 0 Å². The van der Waals surface area contributed by atoms with Crippen molar-refractivity contribution in [1.82, 2.24) is 20.2 Å². The standard InChI is InChI=1S/C27H31N5O2S/c1-27(2)16-21-24(25(33)30-27)35-26(29-21)32-13-14-34-23-10-9-18(15-22(23)32)20-8-6-7-19(28-20)17-31-11-4-3-5-12-31/h6-10,15H,3-5,11-14,16-17H2,1-2H3,(H,30,33). The Balaban J connectivity index is 1.31. The summed E-state index contributed by atoms with van der Waals surface area (Å²) < 4.78 is 5.98. The van der Waals surface area contributed by atoms with E-state index in [1.54, 1.807) is 0 Å². The van der Waals surface area contributed by atoms with Crippen molar-refractivity contribution < 1.29 is 9.53 Å². The lowest BCUT2D eigenvalue weighted by molar-refractivity contribution is 0.0901. The molecule has 1 saturated heterocycles. The van der Waals surface area contributed by atoms with E-state index in [9.17, 15) is 4.79 Å². The highest BCUT2D eigenvalue weighted by atomic mass is 32.1. The Labute approximate surface area is 210 Å². The molecular weight excluding hydrogens is 458 g/mol. The number of carbonyl (C=O) groups is 1. The van der Waals surface area contributed by atoms with E-state index in [0.29, 0.717) is 13.2 Å². The minimum Gasteiger partial charge on any atom is -0.490 e. The first-order chi connectivity index (χ1) is 16.9. The fourth-order valence-electron chi connectivity index (χ4n) is 5.23. The molecule has 5 heterocycles. The third kappa shape index (κ3) is 4.52. The van der Waals surface area contributed by atoms with E-state index in [2.05, 4.69) is 45.4 Å². The molecule has 3 aliphatic rings. The number of likely N-dealkylation sites (tertiary alicyclic amines) is 1. The van der Waals surface area contributed by atoms with Gasteiger partial charge in [-0.15, -0.1) is 0 Å². The number of amides is 1. The highest BCUT2D eigenvalue weighted by molar-refractivity contribution is 7.17. The summed E-state index contributed by atoms with van der Waals surface area (Å²) in [7, 11) is 0. The summed E-state index contributed by atoms with van der Waals surface area (Å²) in [6, 6.07) is 12.6. The average Bonchev–Trinajstić information content (AvgIpc) is 3.27. The van der Waals surface area contributed by atoms with Gasteiger partial charge in [0.25, 0.3) is 5.91 Å². The van der Waals surface area contributed by atoms with E-state index < -0.39 is 0 Å². The molecule has 6 rings (SSSR count). The number of nitrogens with one attached hydrogen (secondary N) is 1. The minimum atomic E-state index is -0.281. The summed E-state index contributed by atoms with van der Waals surface area (Å²) >= 11 is 1.46. The Morgan fingerprint density at radius 3 is 2.80 bits per heavy atom. The molecule has 2 aromatic heterocycles. The van der Waals surface area contributed by atoms with Crippen LogP contribution in [0.5, 0.6) is 5.75 Å². The van der Waals surface area contributed by atoms with Gasteiger partial charge in [-0.05, 0) is 70.1 Å². The van der Waals surface area contributed by atoms with Crippen LogP contribution in [0.4, 0.5) is 10.8 Å². The van der Waals surface area contributed by atoms with E-state index in [1.807, 2.05) is 19.9 Å². The van der Waals surface area contributed by atoms with Gasteiger partial charge in [-0.3, -0.25) is 14.7 Å². The van der Waals surface area contributed by atoms with Gasteiger partial charge in [0.2, 0.25) is 0 Å². The van der Waals surface area contributed by atoms with Gasteiger partial charge < -0.3 is 15.0 Å². The van der Waals surface area contributed by atoms with E-state index >= 15 is 0 Å². The first-order valence-corrected chi connectivity index (χ1v) is 13.3. The fourth-order valence-corrected chi connectivity index (χ4v) is 6.25. The van der Waals surface area contributed by atoms with Crippen LogP contribution in [0.3, 0.4) is 0 Å². The van der Waals surface area contributed by atoms with E-state index in [0.717, 1.165) is 70.1 Å². The van der Waals surface area contributed by atoms with Gasteiger partial charge in [0.15, 0.2) is 5.13 Å². The van der Waals surface area contributed by atoms with Crippen LogP contribution in [0.25, 0.3) is 11.3 Å². The molecule has 0 spiro atoms. The Hall–Kier alpha value is -2.97. The van der Waals surface area contributed by atoms with Gasteiger partial charge in [-0.1, -0.05) is 23.8 Å². The van der Waals surface area contributed by atoms with Gasteiger partial charge in [-0.25, -0.2) is 4.98 Å². The molecule has 0 radical (unpaired) electrons. The largest absolute Gasteiger partial charge is 0.490 e. The maximum Gasteiger partial charge on any atom is 0.263 e. The summed E-state index contributed by atoms with van der Waals surface area (Å²) in [5.41, 5.74) is 4.71. The summed E-state index contributed by atoms with van der Waals surface area (Å²) in [4.78, 5) is 28.0. The number of hydrogen-bond acceptors (Lipinski definition) is 7. The summed E-state index contributed by atoms with van der Waals surface area (Å²) in [6.07, 6.45) is 4.62. The highest BCUT2D eigenvalue weighted by Gasteiger charge is 2.34. The lowest BCUT2D eigenvalue weighted by Crippen LogP contribution is -2.48. The summed E-state index contributed by atoms with van der Waals surface area (Å²) in [5.74, 6) is 0.805. The van der Waals surface area contributed by atoms with Crippen molar-refractivity contribution in [2.24, 2.45) is 0 Å². The number of pyridine rings is 1. The molecule has 1 aromatic carbocycles. The summed E-state index contributed by atoms with van der Waals surface area (Å²) in [6.45, 7) is 8.56. The number of carbonyl (C=O) groups excluding carboxylic acids is 1. The molecule has 0 atom stereocenters.